The molecule has 0 bridgehead atoms. The second kappa shape index (κ2) is 6.02. The average Bonchev–Trinajstić information content (AvgIpc) is 2.37. The molecule has 1 aromatic carbocycles. The Morgan fingerprint density at radius 3 is 2.24 bits per heavy atom. The van der Waals surface area contributed by atoms with Crippen molar-refractivity contribution in [1.29, 1.82) is 0 Å². The van der Waals surface area contributed by atoms with Crippen LogP contribution in [0.4, 0.5) is 8.78 Å². The molecule has 10 heteroatoms. The van der Waals surface area contributed by atoms with Crippen LogP contribution in [0, 0.1) is 11.6 Å². The Hall–Kier alpha value is -1.62. The molecule has 7 nitrogen and oxygen atoms in total. The topological polar surface area (TPSA) is 124 Å². The number of hydrogen-bond acceptors (Lipinski definition) is 5. The van der Waals surface area contributed by atoms with Crippen molar-refractivity contribution in [2.24, 2.45) is 0 Å². The highest BCUT2D eigenvalue weighted by Crippen LogP contribution is 2.22. The fraction of sp³-hybridized carbons (Fsp3) is 0.364. The van der Waals surface area contributed by atoms with E-state index in [1.807, 2.05) is 4.72 Å². The molecule has 0 heterocycles. The Kier molecular flexibility index (Phi) is 4.99. The van der Waals surface area contributed by atoms with Gasteiger partial charge in [0.1, 0.15) is 16.3 Å². The van der Waals surface area contributed by atoms with Crippen LogP contribution in [0.2, 0.25) is 0 Å². The van der Waals surface area contributed by atoms with Crippen molar-refractivity contribution >= 4 is 16.0 Å². The molecule has 0 spiro atoms. The van der Waals surface area contributed by atoms with Gasteiger partial charge in [0.25, 0.3) is 0 Å². The SMILES string of the molecule is CC(CO)(CO)NS(=O)(=O)c1ccc(F)c(C(=O)O)c1F. The molecule has 0 fully saturated rings. The first-order valence-electron chi connectivity index (χ1n) is 5.55. The lowest BCUT2D eigenvalue weighted by atomic mass is 10.1. The van der Waals surface area contributed by atoms with Crippen molar-refractivity contribution in [3.8, 4) is 0 Å². The van der Waals surface area contributed by atoms with Gasteiger partial charge in [0.05, 0.1) is 18.8 Å². The van der Waals surface area contributed by atoms with Gasteiger partial charge in [-0.05, 0) is 19.1 Å². The van der Waals surface area contributed by atoms with Crippen molar-refractivity contribution in [2.75, 3.05) is 13.2 Å². The molecule has 21 heavy (non-hydrogen) atoms. The number of rotatable bonds is 6. The minimum atomic E-state index is -4.62. The fourth-order valence-corrected chi connectivity index (χ4v) is 2.90. The van der Waals surface area contributed by atoms with Crippen LogP contribution in [0.3, 0.4) is 0 Å². The summed E-state index contributed by atoms with van der Waals surface area (Å²) in [5.74, 6) is -5.16. The molecule has 0 amide bonds. The van der Waals surface area contributed by atoms with Gasteiger partial charge < -0.3 is 15.3 Å². The summed E-state index contributed by atoms with van der Waals surface area (Å²) in [6.07, 6.45) is 0. The van der Waals surface area contributed by atoms with Crippen molar-refractivity contribution < 1.29 is 37.3 Å². The van der Waals surface area contributed by atoms with Crippen LogP contribution in [0.5, 0.6) is 0 Å². The van der Waals surface area contributed by atoms with Crippen LogP contribution in [-0.2, 0) is 10.0 Å². The summed E-state index contributed by atoms with van der Waals surface area (Å²) in [4.78, 5) is 9.64. The molecular weight excluding hydrogens is 312 g/mol. The van der Waals surface area contributed by atoms with E-state index in [2.05, 4.69) is 0 Å². The summed E-state index contributed by atoms with van der Waals surface area (Å²) in [5.41, 5.74) is -3.10. The van der Waals surface area contributed by atoms with Crippen molar-refractivity contribution in [3.05, 3.63) is 29.3 Å². The van der Waals surface area contributed by atoms with Crippen LogP contribution in [0.15, 0.2) is 17.0 Å². The molecule has 1 aromatic rings. The van der Waals surface area contributed by atoms with Crippen LogP contribution in [-0.4, -0.2) is 48.5 Å². The van der Waals surface area contributed by atoms with Crippen LogP contribution >= 0.6 is 0 Å². The monoisotopic (exact) mass is 325 g/mol. The molecule has 4 N–H and O–H groups in total. The highest BCUT2D eigenvalue weighted by molar-refractivity contribution is 7.89. The fourth-order valence-electron chi connectivity index (χ4n) is 1.43. The Morgan fingerprint density at radius 2 is 1.81 bits per heavy atom. The summed E-state index contributed by atoms with van der Waals surface area (Å²) < 4.78 is 52.9. The molecule has 0 atom stereocenters. The lowest BCUT2D eigenvalue weighted by Crippen LogP contribution is -2.51. The maximum Gasteiger partial charge on any atom is 0.341 e. The van der Waals surface area contributed by atoms with E-state index >= 15 is 0 Å². The largest absolute Gasteiger partial charge is 0.477 e. The smallest absolute Gasteiger partial charge is 0.341 e. The predicted octanol–water partition coefficient (Wildman–Crippen LogP) is -0.315. The van der Waals surface area contributed by atoms with Gasteiger partial charge >= 0.3 is 5.97 Å². The van der Waals surface area contributed by atoms with E-state index in [1.54, 1.807) is 0 Å². The number of carboxylic acid groups (broad SMARTS) is 1. The molecule has 118 valence electrons. The van der Waals surface area contributed by atoms with E-state index in [-0.39, 0.29) is 0 Å². The number of carbonyl (C=O) groups is 1. The maximum atomic E-state index is 13.9. The molecule has 0 saturated heterocycles. The summed E-state index contributed by atoms with van der Waals surface area (Å²) in [6, 6.07) is 1.05. The van der Waals surface area contributed by atoms with Crippen LogP contribution in [0.25, 0.3) is 0 Å². The van der Waals surface area contributed by atoms with Gasteiger partial charge in [-0.1, -0.05) is 0 Å². The van der Waals surface area contributed by atoms with Crippen molar-refractivity contribution in [3.63, 3.8) is 0 Å². The quantitative estimate of drug-likeness (QED) is 0.568. The third kappa shape index (κ3) is 3.53. The first-order valence-corrected chi connectivity index (χ1v) is 7.03. The van der Waals surface area contributed by atoms with E-state index in [4.69, 9.17) is 15.3 Å². The molecule has 0 aromatic heterocycles. The zero-order chi connectivity index (χ0) is 16.4. The number of halogens is 2. The third-order valence-electron chi connectivity index (χ3n) is 2.64. The number of carboxylic acids is 1. The molecule has 0 unspecified atom stereocenters. The molecule has 0 aliphatic rings. The zero-order valence-corrected chi connectivity index (χ0v) is 11.6. The number of aromatic carboxylic acids is 1. The molecule has 0 radical (unpaired) electrons. The number of sulfonamides is 1. The number of aliphatic hydroxyl groups excluding tert-OH is 2. The predicted molar refractivity (Wildman–Crippen MR) is 66.2 cm³/mol. The Balaban J connectivity index is 3.40. The Labute approximate surface area is 118 Å². The van der Waals surface area contributed by atoms with Gasteiger partial charge in [-0.15, -0.1) is 0 Å². The van der Waals surface area contributed by atoms with Crippen molar-refractivity contribution in [2.45, 2.75) is 17.4 Å². The first kappa shape index (κ1) is 17.4. The van der Waals surface area contributed by atoms with Gasteiger partial charge in [0, 0.05) is 0 Å². The highest BCUT2D eigenvalue weighted by atomic mass is 32.2. The summed E-state index contributed by atoms with van der Waals surface area (Å²) >= 11 is 0. The maximum absolute atomic E-state index is 13.9. The molecule has 0 aliphatic carbocycles. The van der Waals surface area contributed by atoms with E-state index < -0.39 is 56.8 Å². The Morgan fingerprint density at radius 1 is 1.29 bits per heavy atom. The summed E-state index contributed by atoms with van der Waals surface area (Å²) in [5, 5.41) is 26.7. The van der Waals surface area contributed by atoms with E-state index in [9.17, 15) is 22.0 Å². The Bertz CT molecular complexity index is 657. The van der Waals surface area contributed by atoms with E-state index in [1.165, 1.54) is 0 Å². The normalized spacial score (nSPS) is 12.4. The number of nitrogens with one attached hydrogen (secondary N) is 1. The lowest BCUT2D eigenvalue weighted by molar-refractivity contribution is 0.0685. The van der Waals surface area contributed by atoms with Gasteiger partial charge in [-0.3, -0.25) is 0 Å². The van der Waals surface area contributed by atoms with Crippen LogP contribution < -0.4 is 4.72 Å². The van der Waals surface area contributed by atoms with Gasteiger partial charge in [0.15, 0.2) is 5.82 Å². The second-order valence-corrected chi connectivity index (χ2v) is 6.17. The first-order chi connectivity index (χ1) is 9.58. The van der Waals surface area contributed by atoms with Crippen LogP contribution in [0.1, 0.15) is 17.3 Å². The number of benzene rings is 1. The lowest BCUT2D eigenvalue weighted by Gasteiger charge is -2.25. The number of hydrogen-bond donors (Lipinski definition) is 4. The highest BCUT2D eigenvalue weighted by Gasteiger charge is 2.33. The van der Waals surface area contributed by atoms with Gasteiger partial charge in [0.2, 0.25) is 10.0 Å². The zero-order valence-electron chi connectivity index (χ0n) is 10.8. The number of aliphatic hydroxyl groups is 2. The van der Waals surface area contributed by atoms with Gasteiger partial charge in [-0.25, -0.2) is 26.7 Å². The van der Waals surface area contributed by atoms with E-state index in [0.29, 0.717) is 12.1 Å². The molecular formula is C11H13F2NO6S. The molecule has 1 rings (SSSR count). The standard InChI is InChI=1S/C11H13F2NO6S/c1-11(4-15,5-16)14-21(19,20)7-3-2-6(12)8(9(7)13)10(17)18/h2-3,14-16H,4-5H2,1H3,(H,17,18). The van der Waals surface area contributed by atoms with Crippen molar-refractivity contribution in [1.82, 2.24) is 4.72 Å². The molecule has 0 saturated carbocycles. The average molecular weight is 325 g/mol. The minimum absolute atomic E-state index is 0.496. The third-order valence-corrected chi connectivity index (χ3v) is 4.29. The van der Waals surface area contributed by atoms with Gasteiger partial charge in [-0.2, -0.15) is 0 Å². The summed E-state index contributed by atoms with van der Waals surface area (Å²) in [7, 11) is -4.62. The molecule has 0 aliphatic heterocycles. The minimum Gasteiger partial charge on any atom is -0.477 e. The second-order valence-electron chi connectivity index (χ2n) is 4.52. The summed E-state index contributed by atoms with van der Waals surface area (Å²) in [6.45, 7) is -0.446. The van der Waals surface area contributed by atoms with E-state index in [0.717, 1.165) is 6.92 Å².